The van der Waals surface area contributed by atoms with Crippen molar-refractivity contribution >= 4 is 43.9 Å². The lowest BCUT2D eigenvalue weighted by molar-refractivity contribution is -0.114. The number of thiophene rings is 1. The van der Waals surface area contributed by atoms with E-state index in [0.717, 1.165) is 49.0 Å². The van der Waals surface area contributed by atoms with Gasteiger partial charge in [0.2, 0.25) is 5.91 Å². The zero-order valence-corrected chi connectivity index (χ0v) is 19.5. The molecule has 1 aliphatic carbocycles. The number of hydrogen-bond donors (Lipinski definition) is 3. The highest BCUT2D eigenvalue weighted by atomic mass is 32.2. The third-order valence-corrected chi connectivity index (χ3v) is 8.33. The van der Waals surface area contributed by atoms with Gasteiger partial charge < -0.3 is 15.4 Å². The first-order chi connectivity index (χ1) is 15.3. The van der Waals surface area contributed by atoms with Crippen molar-refractivity contribution in [2.75, 3.05) is 23.2 Å². The van der Waals surface area contributed by atoms with Crippen LogP contribution >= 0.6 is 11.3 Å². The van der Waals surface area contributed by atoms with E-state index in [2.05, 4.69) is 15.4 Å². The summed E-state index contributed by atoms with van der Waals surface area (Å²) in [5, 5.41) is 5.90. The lowest BCUT2D eigenvalue weighted by Crippen LogP contribution is -2.32. The Labute approximate surface area is 191 Å². The number of anilines is 2. The fraction of sp³-hybridized carbons (Fsp3) is 0.455. The average molecular weight is 478 g/mol. The van der Waals surface area contributed by atoms with Crippen molar-refractivity contribution < 1.29 is 22.7 Å². The number of amides is 2. The number of carbonyl (C=O) groups is 2. The van der Waals surface area contributed by atoms with Gasteiger partial charge in [-0.05, 0) is 68.4 Å². The molecular formula is C22H27N3O5S2. The van der Waals surface area contributed by atoms with Crippen molar-refractivity contribution in [2.45, 2.75) is 56.4 Å². The van der Waals surface area contributed by atoms with E-state index < -0.39 is 10.0 Å². The number of aryl methyl sites for hydroxylation is 1. The van der Waals surface area contributed by atoms with Gasteiger partial charge in [0.15, 0.2) is 0 Å². The second-order valence-corrected chi connectivity index (χ2v) is 10.9. The molecule has 2 aromatic rings. The fourth-order valence-electron chi connectivity index (χ4n) is 4.08. The Kier molecular flexibility index (Phi) is 6.82. The van der Waals surface area contributed by atoms with Gasteiger partial charge in [-0.3, -0.25) is 14.3 Å². The molecular weight excluding hydrogens is 450 g/mol. The van der Waals surface area contributed by atoms with Gasteiger partial charge in [0.05, 0.1) is 16.6 Å². The van der Waals surface area contributed by atoms with Gasteiger partial charge in [-0.25, -0.2) is 8.42 Å². The predicted molar refractivity (Wildman–Crippen MR) is 124 cm³/mol. The predicted octanol–water partition coefficient (Wildman–Crippen LogP) is 3.29. The van der Waals surface area contributed by atoms with Crippen molar-refractivity contribution in [1.29, 1.82) is 0 Å². The Hall–Kier alpha value is -2.43. The standard InChI is InChI=1S/C22H27N3O5S2/c1-14(26)24-15-8-10-17(11-9-15)32(28,29)25-22-20(18-6-2-3-7-19(18)31-22)21(27)23-13-16-5-4-12-30-16/h8-11,16,25H,2-7,12-13H2,1H3,(H,23,27)(H,24,26)/t16-/m0/s1. The third kappa shape index (κ3) is 5.13. The summed E-state index contributed by atoms with van der Waals surface area (Å²) in [5.41, 5.74) is 1.89. The molecule has 2 aliphatic rings. The van der Waals surface area contributed by atoms with Gasteiger partial charge in [0, 0.05) is 30.6 Å². The van der Waals surface area contributed by atoms with Crippen LogP contribution in [0.5, 0.6) is 0 Å². The highest BCUT2D eigenvalue weighted by Crippen LogP contribution is 2.39. The number of sulfonamides is 1. The van der Waals surface area contributed by atoms with Gasteiger partial charge >= 0.3 is 0 Å². The Bertz CT molecular complexity index is 1100. The zero-order chi connectivity index (χ0) is 22.7. The molecule has 1 aliphatic heterocycles. The van der Waals surface area contributed by atoms with Crippen molar-refractivity contribution in [3.05, 3.63) is 40.3 Å². The lowest BCUT2D eigenvalue weighted by atomic mass is 9.95. The van der Waals surface area contributed by atoms with Crippen LogP contribution in [0, 0.1) is 0 Å². The number of benzene rings is 1. The first kappa shape index (κ1) is 22.8. The summed E-state index contributed by atoms with van der Waals surface area (Å²) >= 11 is 1.34. The Morgan fingerprint density at radius 2 is 1.88 bits per heavy atom. The molecule has 2 amide bonds. The van der Waals surface area contributed by atoms with Gasteiger partial charge in [-0.2, -0.15) is 0 Å². The highest BCUT2D eigenvalue weighted by Gasteiger charge is 2.29. The summed E-state index contributed by atoms with van der Waals surface area (Å²) in [4.78, 5) is 25.4. The maximum absolute atomic E-state index is 13.1. The summed E-state index contributed by atoms with van der Waals surface area (Å²) in [6, 6.07) is 5.92. The summed E-state index contributed by atoms with van der Waals surface area (Å²) in [6.07, 6.45) is 5.53. The molecule has 3 N–H and O–H groups in total. The number of ether oxygens (including phenoxy) is 1. The number of hydrogen-bond acceptors (Lipinski definition) is 6. The van der Waals surface area contributed by atoms with E-state index in [9.17, 15) is 18.0 Å². The van der Waals surface area contributed by atoms with E-state index in [-0.39, 0.29) is 22.8 Å². The molecule has 1 atom stereocenters. The SMILES string of the molecule is CC(=O)Nc1ccc(S(=O)(=O)Nc2sc3c(c2C(=O)NC[C@@H]2CCCO2)CCCC3)cc1. The molecule has 1 aromatic heterocycles. The largest absolute Gasteiger partial charge is 0.376 e. The highest BCUT2D eigenvalue weighted by molar-refractivity contribution is 7.93. The Balaban J connectivity index is 1.57. The van der Waals surface area contributed by atoms with Gasteiger partial charge in [0.25, 0.3) is 15.9 Å². The molecule has 0 unspecified atom stereocenters. The molecule has 0 radical (unpaired) electrons. The number of carbonyl (C=O) groups excluding carboxylic acids is 2. The molecule has 10 heteroatoms. The molecule has 1 aromatic carbocycles. The average Bonchev–Trinajstić information content (AvgIpc) is 3.39. The second kappa shape index (κ2) is 9.60. The van der Waals surface area contributed by atoms with Crippen molar-refractivity contribution in [1.82, 2.24) is 5.32 Å². The Morgan fingerprint density at radius 1 is 1.12 bits per heavy atom. The summed E-state index contributed by atoms with van der Waals surface area (Å²) in [6.45, 7) is 2.51. The molecule has 0 bridgehead atoms. The fourth-order valence-corrected chi connectivity index (χ4v) is 6.67. The van der Waals surface area contributed by atoms with Crippen LogP contribution in [-0.2, 0) is 32.4 Å². The molecule has 32 heavy (non-hydrogen) atoms. The van der Waals surface area contributed by atoms with Crippen LogP contribution in [0.25, 0.3) is 0 Å². The topological polar surface area (TPSA) is 114 Å². The van der Waals surface area contributed by atoms with Crippen LogP contribution < -0.4 is 15.4 Å². The molecule has 0 saturated carbocycles. The van der Waals surface area contributed by atoms with E-state index >= 15 is 0 Å². The smallest absolute Gasteiger partial charge is 0.262 e. The summed E-state index contributed by atoms with van der Waals surface area (Å²) in [5.74, 6) is -0.500. The minimum Gasteiger partial charge on any atom is -0.376 e. The number of rotatable bonds is 7. The van der Waals surface area contributed by atoms with Crippen molar-refractivity contribution in [2.24, 2.45) is 0 Å². The maximum atomic E-state index is 13.1. The quantitative estimate of drug-likeness (QED) is 0.566. The summed E-state index contributed by atoms with van der Waals surface area (Å²) < 4.78 is 34.3. The molecule has 1 saturated heterocycles. The van der Waals surface area contributed by atoms with Gasteiger partial charge in [0.1, 0.15) is 5.00 Å². The van der Waals surface area contributed by atoms with E-state index in [1.807, 2.05) is 0 Å². The first-order valence-corrected chi connectivity index (χ1v) is 13.1. The van der Waals surface area contributed by atoms with E-state index in [1.165, 1.54) is 42.5 Å². The second-order valence-electron chi connectivity index (χ2n) is 8.07. The van der Waals surface area contributed by atoms with Crippen LogP contribution in [-0.4, -0.2) is 39.5 Å². The number of nitrogens with one attached hydrogen (secondary N) is 3. The number of fused-ring (bicyclic) bond motifs is 1. The van der Waals surface area contributed by atoms with Crippen LogP contribution in [0.3, 0.4) is 0 Å². The van der Waals surface area contributed by atoms with Crippen molar-refractivity contribution in [3.8, 4) is 0 Å². The third-order valence-electron chi connectivity index (χ3n) is 5.62. The van der Waals surface area contributed by atoms with E-state index in [4.69, 9.17) is 4.74 Å². The van der Waals surface area contributed by atoms with Crippen LogP contribution in [0.2, 0.25) is 0 Å². The monoisotopic (exact) mass is 477 g/mol. The first-order valence-electron chi connectivity index (χ1n) is 10.8. The minimum atomic E-state index is -3.90. The van der Waals surface area contributed by atoms with Gasteiger partial charge in [-0.1, -0.05) is 0 Å². The Morgan fingerprint density at radius 3 is 2.56 bits per heavy atom. The molecule has 2 heterocycles. The maximum Gasteiger partial charge on any atom is 0.262 e. The van der Waals surface area contributed by atoms with E-state index in [0.29, 0.717) is 29.4 Å². The van der Waals surface area contributed by atoms with Crippen molar-refractivity contribution in [3.63, 3.8) is 0 Å². The molecule has 4 rings (SSSR count). The summed E-state index contributed by atoms with van der Waals surface area (Å²) in [7, 11) is -3.90. The molecule has 1 fully saturated rings. The van der Waals surface area contributed by atoms with Crippen LogP contribution in [0.15, 0.2) is 29.2 Å². The van der Waals surface area contributed by atoms with Gasteiger partial charge in [-0.15, -0.1) is 11.3 Å². The van der Waals surface area contributed by atoms with Crippen LogP contribution in [0.4, 0.5) is 10.7 Å². The normalized spacial score (nSPS) is 18.1. The molecule has 0 spiro atoms. The minimum absolute atomic E-state index is 0.00989. The zero-order valence-electron chi connectivity index (χ0n) is 17.9. The molecule has 172 valence electrons. The molecule has 8 nitrogen and oxygen atoms in total. The lowest BCUT2D eigenvalue weighted by Gasteiger charge is -2.15. The van der Waals surface area contributed by atoms with Crippen LogP contribution in [0.1, 0.15) is 53.4 Å². The van der Waals surface area contributed by atoms with E-state index in [1.54, 1.807) is 0 Å².